The van der Waals surface area contributed by atoms with E-state index in [2.05, 4.69) is 33.7 Å². The summed E-state index contributed by atoms with van der Waals surface area (Å²) >= 11 is 7.53. The monoisotopic (exact) mass is 448 g/mol. The van der Waals surface area contributed by atoms with E-state index in [1.165, 1.54) is 17.5 Å². The lowest BCUT2D eigenvalue weighted by Gasteiger charge is -2.16. The number of ether oxygens (including phenoxy) is 1. The van der Waals surface area contributed by atoms with E-state index in [0.29, 0.717) is 10.9 Å². The molecule has 31 heavy (non-hydrogen) atoms. The number of hydrogen-bond acceptors (Lipinski definition) is 6. The van der Waals surface area contributed by atoms with Crippen molar-refractivity contribution in [2.24, 2.45) is 0 Å². The van der Waals surface area contributed by atoms with E-state index in [1.54, 1.807) is 18.6 Å². The summed E-state index contributed by atoms with van der Waals surface area (Å²) in [7, 11) is 0. The van der Waals surface area contributed by atoms with Gasteiger partial charge in [0.2, 0.25) is 5.88 Å². The Balaban J connectivity index is 1.72. The van der Waals surface area contributed by atoms with E-state index in [1.807, 2.05) is 50.2 Å². The van der Waals surface area contributed by atoms with Crippen LogP contribution in [0.5, 0.6) is 11.6 Å². The number of pyridine rings is 3. The Morgan fingerprint density at radius 2 is 1.77 bits per heavy atom. The van der Waals surface area contributed by atoms with E-state index < -0.39 is 0 Å². The summed E-state index contributed by atoms with van der Waals surface area (Å²) in [5.74, 6) is 2.06. The van der Waals surface area contributed by atoms with E-state index >= 15 is 0 Å². The van der Waals surface area contributed by atoms with Crippen molar-refractivity contribution in [3.63, 3.8) is 0 Å². The molecular formula is C24H21ClN4OS. The molecule has 0 unspecified atom stereocenters. The van der Waals surface area contributed by atoms with Gasteiger partial charge in [-0.25, -0.2) is 9.97 Å². The van der Waals surface area contributed by atoms with Crippen molar-refractivity contribution >= 4 is 29.4 Å². The maximum Gasteiger partial charge on any atom is 0.235 e. The maximum atomic E-state index is 6.36. The first-order valence-corrected chi connectivity index (χ1v) is 10.9. The fourth-order valence-electron chi connectivity index (χ4n) is 3.25. The molecule has 0 aliphatic heterocycles. The van der Waals surface area contributed by atoms with Gasteiger partial charge in [-0.2, -0.15) is 0 Å². The van der Waals surface area contributed by atoms with Crippen LogP contribution in [0, 0.1) is 20.8 Å². The molecule has 0 saturated heterocycles. The zero-order valence-corrected chi connectivity index (χ0v) is 19.0. The Morgan fingerprint density at radius 3 is 2.48 bits per heavy atom. The molecule has 1 aromatic carbocycles. The van der Waals surface area contributed by atoms with Gasteiger partial charge in [-0.1, -0.05) is 35.4 Å². The van der Waals surface area contributed by atoms with Crippen LogP contribution in [0.2, 0.25) is 5.02 Å². The molecule has 0 aliphatic rings. The number of aromatic nitrogens is 3. The second-order valence-electron chi connectivity index (χ2n) is 7.14. The number of hydrogen-bond donors (Lipinski definition) is 1. The van der Waals surface area contributed by atoms with Crippen LogP contribution in [0.3, 0.4) is 0 Å². The van der Waals surface area contributed by atoms with Gasteiger partial charge in [0.05, 0.1) is 15.6 Å². The zero-order valence-electron chi connectivity index (χ0n) is 17.4. The summed E-state index contributed by atoms with van der Waals surface area (Å²) in [5, 5.41) is 0.558. The topological polar surface area (TPSA) is 59.9 Å². The van der Waals surface area contributed by atoms with Crippen LogP contribution in [-0.4, -0.2) is 15.0 Å². The van der Waals surface area contributed by atoms with Crippen LogP contribution < -0.4 is 9.46 Å². The molecule has 0 atom stereocenters. The average Bonchev–Trinajstić information content (AvgIpc) is 2.76. The summed E-state index contributed by atoms with van der Waals surface area (Å²) < 4.78 is 9.61. The highest BCUT2D eigenvalue weighted by atomic mass is 35.5. The number of nitrogens with one attached hydrogen (secondary N) is 1. The molecule has 0 aliphatic carbocycles. The number of nitrogens with zero attached hydrogens (tertiary/aromatic N) is 3. The number of rotatable bonds is 6. The van der Waals surface area contributed by atoms with Crippen molar-refractivity contribution in [1.82, 2.24) is 15.0 Å². The van der Waals surface area contributed by atoms with E-state index in [-0.39, 0.29) is 0 Å². The van der Waals surface area contributed by atoms with Crippen molar-refractivity contribution < 1.29 is 4.74 Å². The Hall–Kier alpha value is -3.09. The predicted octanol–water partition coefficient (Wildman–Crippen LogP) is 7.03. The minimum atomic E-state index is 0.501. The number of aryl methyl sites for hydroxylation is 3. The van der Waals surface area contributed by atoms with Crippen molar-refractivity contribution in [1.29, 1.82) is 0 Å². The second-order valence-corrected chi connectivity index (χ2v) is 8.43. The second kappa shape index (κ2) is 9.37. The average molecular weight is 449 g/mol. The normalized spacial score (nSPS) is 10.7. The van der Waals surface area contributed by atoms with Crippen molar-refractivity contribution in [2.75, 3.05) is 4.72 Å². The van der Waals surface area contributed by atoms with Gasteiger partial charge in [0.1, 0.15) is 11.6 Å². The van der Waals surface area contributed by atoms with Crippen molar-refractivity contribution in [3.05, 3.63) is 88.8 Å². The SMILES string of the molecule is Cc1cc(C)c(Oc2nc(-c3cncc(Cl)c3)ccc2SNc2ccccn2)c(C)c1. The predicted molar refractivity (Wildman–Crippen MR) is 127 cm³/mol. The lowest BCUT2D eigenvalue weighted by molar-refractivity contribution is 0.444. The number of anilines is 1. The molecule has 7 heteroatoms. The molecule has 0 saturated carbocycles. The third-order valence-electron chi connectivity index (χ3n) is 4.56. The van der Waals surface area contributed by atoms with Gasteiger partial charge in [0.25, 0.3) is 0 Å². The van der Waals surface area contributed by atoms with Gasteiger partial charge in [-0.3, -0.25) is 4.98 Å². The molecule has 0 bridgehead atoms. The lowest BCUT2D eigenvalue weighted by atomic mass is 10.1. The minimum Gasteiger partial charge on any atom is -0.437 e. The molecule has 0 amide bonds. The van der Waals surface area contributed by atoms with Crippen LogP contribution in [0.15, 0.2) is 72.0 Å². The minimum absolute atomic E-state index is 0.501. The molecule has 4 aromatic rings. The highest BCUT2D eigenvalue weighted by molar-refractivity contribution is 8.00. The fraction of sp³-hybridized carbons (Fsp3) is 0.125. The Bertz CT molecular complexity index is 1190. The first-order chi connectivity index (χ1) is 15.0. The number of benzene rings is 1. The Kier molecular flexibility index (Phi) is 6.39. The van der Waals surface area contributed by atoms with E-state index in [0.717, 1.165) is 38.8 Å². The van der Waals surface area contributed by atoms with Crippen molar-refractivity contribution in [3.8, 4) is 22.9 Å². The van der Waals surface area contributed by atoms with Crippen LogP contribution in [-0.2, 0) is 0 Å². The van der Waals surface area contributed by atoms with Crippen LogP contribution in [0.25, 0.3) is 11.3 Å². The molecule has 0 fully saturated rings. The van der Waals surface area contributed by atoms with Gasteiger partial charge < -0.3 is 9.46 Å². The third kappa shape index (κ3) is 5.16. The van der Waals surface area contributed by atoms with Crippen LogP contribution >= 0.6 is 23.5 Å². The largest absolute Gasteiger partial charge is 0.437 e. The van der Waals surface area contributed by atoms with Gasteiger partial charge in [-0.15, -0.1) is 0 Å². The molecule has 0 radical (unpaired) electrons. The number of halogens is 1. The van der Waals surface area contributed by atoms with Gasteiger partial charge in [0.15, 0.2) is 0 Å². The standard InChI is InChI=1S/C24H21ClN4OS/c1-15-10-16(2)23(17(3)11-15)30-24-21(31-29-22-6-4-5-9-27-22)8-7-20(28-24)18-12-19(25)14-26-13-18/h4-14H,1-3H3,(H,27,29). The molecule has 156 valence electrons. The summed E-state index contributed by atoms with van der Waals surface area (Å²) in [6, 6.07) is 15.7. The molecule has 1 N–H and O–H groups in total. The van der Waals surface area contributed by atoms with E-state index in [4.69, 9.17) is 21.3 Å². The molecule has 3 aromatic heterocycles. The molecule has 0 spiro atoms. The van der Waals surface area contributed by atoms with Crippen LogP contribution in [0.1, 0.15) is 16.7 Å². The van der Waals surface area contributed by atoms with Gasteiger partial charge in [-0.05, 0) is 74.2 Å². The maximum absolute atomic E-state index is 6.36. The summed E-state index contributed by atoms with van der Waals surface area (Å²) in [5.41, 5.74) is 4.87. The molecule has 4 rings (SSSR count). The fourth-order valence-corrected chi connectivity index (χ4v) is 4.07. The lowest BCUT2D eigenvalue weighted by Crippen LogP contribution is -1.99. The van der Waals surface area contributed by atoms with Gasteiger partial charge in [0, 0.05) is 24.2 Å². The first-order valence-electron chi connectivity index (χ1n) is 9.71. The molecule has 5 nitrogen and oxygen atoms in total. The molecular weight excluding hydrogens is 428 g/mol. The summed E-state index contributed by atoms with van der Waals surface area (Å²) in [6.07, 6.45) is 5.08. The van der Waals surface area contributed by atoms with E-state index in [9.17, 15) is 0 Å². The summed E-state index contributed by atoms with van der Waals surface area (Å²) in [6.45, 7) is 6.16. The Morgan fingerprint density at radius 1 is 0.968 bits per heavy atom. The van der Waals surface area contributed by atoms with Gasteiger partial charge >= 0.3 is 0 Å². The third-order valence-corrected chi connectivity index (χ3v) is 5.61. The van der Waals surface area contributed by atoms with Crippen molar-refractivity contribution in [2.45, 2.75) is 25.7 Å². The summed E-state index contributed by atoms with van der Waals surface area (Å²) in [4.78, 5) is 14.1. The highest BCUT2D eigenvalue weighted by Crippen LogP contribution is 2.36. The quantitative estimate of drug-likeness (QED) is 0.319. The zero-order chi connectivity index (χ0) is 21.8. The highest BCUT2D eigenvalue weighted by Gasteiger charge is 2.15. The Labute approximate surface area is 191 Å². The first kappa shape index (κ1) is 21.2. The molecule has 3 heterocycles. The van der Waals surface area contributed by atoms with Crippen LogP contribution in [0.4, 0.5) is 5.82 Å². The smallest absolute Gasteiger partial charge is 0.235 e.